The topological polar surface area (TPSA) is 162 Å². The van der Waals surface area contributed by atoms with Crippen LogP contribution in [0.5, 0.6) is 0 Å². The van der Waals surface area contributed by atoms with Gasteiger partial charge in [0.15, 0.2) is 5.65 Å². The molecule has 0 bridgehead atoms. The molecule has 1 fully saturated rings. The number of benzene rings is 3. The molecule has 52 heavy (non-hydrogen) atoms. The summed E-state index contributed by atoms with van der Waals surface area (Å²) in [4.78, 5) is 47.6. The van der Waals surface area contributed by atoms with Gasteiger partial charge in [-0.15, -0.1) is 0 Å². The molecule has 1 aliphatic carbocycles. The minimum atomic E-state index is -3.74. The number of carbonyl (C=O) groups is 2. The third-order valence-electron chi connectivity index (χ3n) is 10.1. The summed E-state index contributed by atoms with van der Waals surface area (Å²) in [6.45, 7) is 4.20. The zero-order chi connectivity index (χ0) is 36.6. The van der Waals surface area contributed by atoms with Crippen LogP contribution < -0.4 is 16.0 Å². The molecule has 1 saturated carbocycles. The van der Waals surface area contributed by atoms with Crippen molar-refractivity contribution in [3.63, 3.8) is 0 Å². The van der Waals surface area contributed by atoms with Crippen molar-refractivity contribution in [3.8, 4) is 16.9 Å². The lowest BCUT2D eigenvalue weighted by Crippen LogP contribution is -2.34. The third-order valence-corrected chi connectivity index (χ3v) is 11.0. The molecule has 0 unspecified atom stereocenters. The fourth-order valence-electron chi connectivity index (χ4n) is 7.36. The van der Waals surface area contributed by atoms with Crippen molar-refractivity contribution in [1.82, 2.24) is 24.1 Å². The first kappa shape index (κ1) is 33.6. The van der Waals surface area contributed by atoms with Gasteiger partial charge >= 0.3 is 0 Å². The predicted molar refractivity (Wildman–Crippen MR) is 200 cm³/mol. The predicted octanol–water partition coefficient (Wildman–Crippen LogP) is 5.73. The van der Waals surface area contributed by atoms with Crippen LogP contribution in [0.4, 0.5) is 5.69 Å². The highest BCUT2D eigenvalue weighted by Gasteiger charge is 2.40. The highest BCUT2D eigenvalue weighted by molar-refractivity contribution is 7.92. The Labute approximate surface area is 303 Å². The molecule has 3 aromatic heterocycles. The normalized spacial score (nSPS) is 15.6. The van der Waals surface area contributed by atoms with Crippen molar-refractivity contribution in [3.05, 3.63) is 122 Å². The number of anilines is 1. The zero-order valence-electron chi connectivity index (χ0n) is 28.5. The fraction of sp³-hybridized carbons (Fsp3) is 0.237. The number of sulfonamides is 1. The zero-order valence-corrected chi connectivity index (χ0v) is 30.1. The molecule has 12 nitrogen and oxygen atoms in total. The minimum absolute atomic E-state index is 0.0205. The molecule has 8 rings (SSSR count). The van der Waals surface area contributed by atoms with Gasteiger partial charge < -0.3 is 10.6 Å². The summed E-state index contributed by atoms with van der Waals surface area (Å²) in [7, 11) is -3.74. The van der Waals surface area contributed by atoms with Crippen molar-refractivity contribution in [2.75, 3.05) is 11.0 Å². The van der Waals surface area contributed by atoms with E-state index in [-0.39, 0.29) is 34.4 Å². The Balaban J connectivity index is 1.27. The number of hydrogen-bond acceptors (Lipinski definition) is 7. The lowest BCUT2D eigenvalue weighted by atomic mass is 9.96. The molecule has 3 aromatic carbocycles. The molecule has 264 valence electrons. The number of amides is 2. The van der Waals surface area contributed by atoms with Crippen LogP contribution in [0.3, 0.4) is 0 Å². The van der Waals surface area contributed by atoms with E-state index in [0.29, 0.717) is 67.7 Å². The van der Waals surface area contributed by atoms with Crippen LogP contribution in [0.15, 0.2) is 83.8 Å². The Hall–Kier alpha value is -5.53. The summed E-state index contributed by atoms with van der Waals surface area (Å²) in [5, 5.41) is 6.09. The Kier molecular flexibility index (Phi) is 7.95. The van der Waals surface area contributed by atoms with Crippen LogP contribution in [0.1, 0.15) is 70.3 Å². The standard InChI is InChI=1S/C38H34ClN7O5S/c1-20(30-18-23-8-7-11-27(39)31(23)38(49)46(30)26-9-5-4-6-10-26)34-33(35(40)47)36-41-28(14-15-45(36)42-34)24-16-25-19-44(21(2)22-12-13-22)37(48)32(25)29(17-24)43-52(3,50)51/h4-11,14-18,20-22,43H,12-13,19H2,1-3H3,(H2,40,47)/t20-,21-/m0/s1. The highest BCUT2D eigenvalue weighted by Crippen LogP contribution is 2.41. The molecular formula is C38H34ClN7O5S. The number of primary amides is 1. The number of nitrogens with two attached hydrogens (primary N) is 1. The molecule has 14 heteroatoms. The molecule has 3 N–H and O–H groups in total. The molecule has 0 saturated heterocycles. The first-order valence-electron chi connectivity index (χ1n) is 16.9. The average molecular weight is 736 g/mol. The molecule has 0 spiro atoms. The molecule has 1 aliphatic heterocycles. The van der Waals surface area contributed by atoms with E-state index in [1.807, 2.05) is 62.4 Å². The van der Waals surface area contributed by atoms with Crippen molar-refractivity contribution in [1.29, 1.82) is 0 Å². The van der Waals surface area contributed by atoms with Gasteiger partial charge in [0.05, 0.1) is 39.3 Å². The maximum atomic E-state index is 14.1. The molecule has 6 aromatic rings. The summed E-state index contributed by atoms with van der Waals surface area (Å²) in [6.07, 6.45) is 4.79. The molecular weight excluding hydrogens is 702 g/mol. The number of aromatic nitrogens is 4. The molecule has 4 heterocycles. The number of para-hydroxylation sites is 1. The SMILES string of the molecule is C[C@H](c1nn2ccc(-c3cc4c(c(NS(C)(=O)=O)c3)C(=O)N([C@@H](C)C3CC3)C4)nc2c1C(N)=O)c1cc2cccc(Cl)c2c(=O)n1-c1ccccc1. The average Bonchev–Trinajstić information content (AvgIpc) is 3.80. The number of hydrogen-bond donors (Lipinski definition) is 2. The van der Waals surface area contributed by atoms with Gasteiger partial charge in [0.1, 0.15) is 5.56 Å². The Morgan fingerprint density at radius 1 is 1.02 bits per heavy atom. The monoisotopic (exact) mass is 735 g/mol. The second-order valence-electron chi connectivity index (χ2n) is 13.6. The van der Waals surface area contributed by atoms with E-state index < -0.39 is 21.8 Å². The number of carbonyl (C=O) groups excluding carboxylic acids is 2. The van der Waals surface area contributed by atoms with Gasteiger partial charge in [-0.05, 0) is 79.1 Å². The molecule has 0 radical (unpaired) electrons. The summed E-state index contributed by atoms with van der Waals surface area (Å²) >= 11 is 6.52. The van der Waals surface area contributed by atoms with Crippen LogP contribution in [0.25, 0.3) is 33.4 Å². The lowest BCUT2D eigenvalue weighted by Gasteiger charge is -2.24. The van der Waals surface area contributed by atoms with Gasteiger partial charge in [0, 0.05) is 41.6 Å². The molecule has 2 amide bonds. The quantitative estimate of drug-likeness (QED) is 0.192. The Bertz CT molecular complexity index is 2650. The van der Waals surface area contributed by atoms with Crippen molar-refractivity contribution in [2.45, 2.75) is 45.2 Å². The third kappa shape index (κ3) is 5.70. The number of pyridine rings is 1. The van der Waals surface area contributed by atoms with E-state index in [9.17, 15) is 22.8 Å². The van der Waals surface area contributed by atoms with E-state index in [2.05, 4.69) is 4.72 Å². The summed E-state index contributed by atoms with van der Waals surface area (Å²) in [6, 6.07) is 21.4. The van der Waals surface area contributed by atoms with E-state index >= 15 is 0 Å². The molecule has 2 atom stereocenters. The maximum absolute atomic E-state index is 14.1. The van der Waals surface area contributed by atoms with Gasteiger partial charge in [-0.3, -0.25) is 23.7 Å². The summed E-state index contributed by atoms with van der Waals surface area (Å²) in [5.74, 6) is -1.18. The van der Waals surface area contributed by atoms with Gasteiger partial charge in [-0.25, -0.2) is 17.9 Å². The Morgan fingerprint density at radius 2 is 1.77 bits per heavy atom. The number of fused-ring (bicyclic) bond motifs is 3. The van der Waals surface area contributed by atoms with E-state index in [1.165, 1.54) is 4.52 Å². The smallest absolute Gasteiger partial charge is 0.264 e. The first-order chi connectivity index (χ1) is 24.8. The number of nitrogens with zero attached hydrogens (tertiary/aromatic N) is 5. The first-order valence-corrected chi connectivity index (χ1v) is 19.1. The molecule has 2 aliphatic rings. The largest absolute Gasteiger partial charge is 0.365 e. The van der Waals surface area contributed by atoms with Crippen LogP contribution in [-0.2, 0) is 16.6 Å². The number of halogens is 1. The van der Waals surface area contributed by atoms with Crippen molar-refractivity contribution >= 4 is 55.5 Å². The fourth-order valence-corrected chi connectivity index (χ4v) is 8.18. The van der Waals surface area contributed by atoms with Crippen molar-refractivity contribution in [2.24, 2.45) is 11.7 Å². The van der Waals surface area contributed by atoms with E-state index in [1.54, 1.807) is 39.9 Å². The highest BCUT2D eigenvalue weighted by atomic mass is 35.5. The number of rotatable bonds is 9. The van der Waals surface area contributed by atoms with Gasteiger partial charge in [-0.2, -0.15) is 5.10 Å². The van der Waals surface area contributed by atoms with Crippen LogP contribution >= 0.6 is 11.6 Å². The number of nitrogens with one attached hydrogen (secondary N) is 1. The van der Waals surface area contributed by atoms with Crippen LogP contribution in [-0.4, -0.2) is 56.6 Å². The maximum Gasteiger partial charge on any atom is 0.264 e. The second-order valence-corrected chi connectivity index (χ2v) is 15.8. The van der Waals surface area contributed by atoms with Crippen LogP contribution in [0, 0.1) is 5.92 Å². The second kappa shape index (κ2) is 12.3. The van der Waals surface area contributed by atoms with Gasteiger partial charge in [0.25, 0.3) is 17.4 Å². The summed E-state index contributed by atoms with van der Waals surface area (Å²) in [5.41, 5.74) is 9.57. The summed E-state index contributed by atoms with van der Waals surface area (Å²) < 4.78 is 30.5. The lowest BCUT2D eigenvalue weighted by molar-refractivity contribution is 0.0698. The van der Waals surface area contributed by atoms with E-state index in [0.717, 1.165) is 19.1 Å². The van der Waals surface area contributed by atoms with Crippen molar-refractivity contribution < 1.29 is 18.0 Å². The van der Waals surface area contributed by atoms with Gasteiger partial charge in [-0.1, -0.05) is 48.9 Å². The van der Waals surface area contributed by atoms with Gasteiger partial charge in [0.2, 0.25) is 10.0 Å². The Morgan fingerprint density at radius 3 is 2.46 bits per heavy atom. The van der Waals surface area contributed by atoms with E-state index in [4.69, 9.17) is 27.4 Å². The van der Waals surface area contributed by atoms with Crippen LogP contribution in [0.2, 0.25) is 5.02 Å². The minimum Gasteiger partial charge on any atom is -0.365 e.